The van der Waals surface area contributed by atoms with Crippen molar-refractivity contribution in [2.45, 2.75) is 18.9 Å². The van der Waals surface area contributed by atoms with E-state index in [1.165, 1.54) is 11.8 Å². The van der Waals surface area contributed by atoms with E-state index in [2.05, 4.69) is 15.3 Å². The fraction of sp³-hybridized carbons (Fsp3) is 0.214. The van der Waals surface area contributed by atoms with Crippen LogP contribution in [0.5, 0.6) is 0 Å². The van der Waals surface area contributed by atoms with Crippen molar-refractivity contribution in [1.29, 1.82) is 0 Å². The van der Waals surface area contributed by atoms with Gasteiger partial charge in [-0.25, -0.2) is 18.7 Å². The van der Waals surface area contributed by atoms with Crippen LogP contribution in [0.4, 0.5) is 14.5 Å². The molecule has 0 radical (unpaired) electrons. The molecule has 0 aliphatic heterocycles. The average molecular weight is 309 g/mol. The molecule has 21 heavy (non-hydrogen) atoms. The van der Waals surface area contributed by atoms with E-state index in [4.69, 9.17) is 0 Å². The van der Waals surface area contributed by atoms with Crippen LogP contribution in [0.25, 0.3) is 0 Å². The number of nitrogens with zero attached hydrogens (tertiary/aromatic N) is 2. The first-order valence-electron chi connectivity index (χ1n) is 6.14. The maximum absolute atomic E-state index is 13.4. The molecule has 0 unspecified atom stereocenters. The van der Waals surface area contributed by atoms with Crippen molar-refractivity contribution in [3.8, 4) is 0 Å². The summed E-state index contributed by atoms with van der Waals surface area (Å²) < 4.78 is 26.4. The van der Waals surface area contributed by atoms with Gasteiger partial charge in [-0.15, -0.1) is 0 Å². The molecule has 4 nitrogen and oxygen atoms in total. The number of aromatic nitrogens is 2. The second kappa shape index (κ2) is 6.62. The molecule has 0 spiro atoms. The summed E-state index contributed by atoms with van der Waals surface area (Å²) in [5.74, 6) is -1.05. The maximum Gasteiger partial charge on any atom is 0.234 e. The van der Waals surface area contributed by atoms with Crippen LogP contribution < -0.4 is 5.32 Å². The lowest BCUT2D eigenvalue weighted by atomic mass is 10.3. The van der Waals surface area contributed by atoms with Gasteiger partial charge in [0.2, 0.25) is 5.91 Å². The number of carbonyl (C=O) groups excluding carboxylic acids is 1. The molecule has 1 aromatic heterocycles. The SMILES string of the molecule is Cc1cc(SCC(=O)Nc2cc(F)ccc2F)nc(C)n1. The Morgan fingerprint density at radius 3 is 2.71 bits per heavy atom. The normalized spacial score (nSPS) is 10.5. The Bertz CT molecular complexity index is 659. The van der Waals surface area contributed by atoms with Gasteiger partial charge in [0, 0.05) is 11.8 Å². The highest BCUT2D eigenvalue weighted by Gasteiger charge is 2.09. The first-order chi connectivity index (χ1) is 9.94. The molecule has 0 aliphatic rings. The Labute approximate surface area is 125 Å². The number of carbonyl (C=O) groups is 1. The number of anilines is 1. The van der Waals surface area contributed by atoms with Gasteiger partial charge in [0.05, 0.1) is 11.4 Å². The summed E-state index contributed by atoms with van der Waals surface area (Å²) in [5, 5.41) is 2.99. The predicted octanol–water partition coefficient (Wildman–Crippen LogP) is 3.10. The van der Waals surface area contributed by atoms with Gasteiger partial charge in [-0.3, -0.25) is 4.79 Å². The molecule has 0 fully saturated rings. The number of hydrogen-bond donors (Lipinski definition) is 1. The number of halogens is 2. The maximum atomic E-state index is 13.4. The number of nitrogens with one attached hydrogen (secondary N) is 1. The lowest BCUT2D eigenvalue weighted by Gasteiger charge is -2.07. The first-order valence-corrected chi connectivity index (χ1v) is 7.12. The van der Waals surface area contributed by atoms with Gasteiger partial charge in [-0.05, 0) is 32.0 Å². The fourth-order valence-corrected chi connectivity index (χ4v) is 2.48. The second-order valence-electron chi connectivity index (χ2n) is 4.36. The number of aryl methyl sites for hydroxylation is 2. The standard InChI is InChI=1S/C14H13F2N3OS/c1-8-5-14(18-9(2)17-8)21-7-13(20)19-12-6-10(15)3-4-11(12)16/h3-6H,7H2,1-2H3,(H,19,20). The molecular formula is C14H13F2N3OS. The Balaban J connectivity index is 1.97. The second-order valence-corrected chi connectivity index (χ2v) is 5.35. The summed E-state index contributed by atoms with van der Waals surface area (Å²) in [6, 6.07) is 4.66. The van der Waals surface area contributed by atoms with Crippen LogP contribution >= 0.6 is 11.8 Å². The molecule has 0 aliphatic carbocycles. The third-order valence-electron chi connectivity index (χ3n) is 2.50. The molecule has 7 heteroatoms. The molecule has 0 saturated carbocycles. The molecule has 2 aromatic rings. The van der Waals surface area contributed by atoms with E-state index < -0.39 is 17.5 Å². The van der Waals surface area contributed by atoms with Crippen molar-refractivity contribution >= 4 is 23.4 Å². The summed E-state index contributed by atoms with van der Waals surface area (Å²) in [4.78, 5) is 20.1. The van der Waals surface area contributed by atoms with Crippen LogP contribution in [0.1, 0.15) is 11.5 Å². The predicted molar refractivity (Wildman–Crippen MR) is 77.2 cm³/mol. The van der Waals surface area contributed by atoms with Crippen molar-refractivity contribution in [1.82, 2.24) is 9.97 Å². The minimum atomic E-state index is -0.677. The van der Waals surface area contributed by atoms with Gasteiger partial charge >= 0.3 is 0 Å². The molecule has 110 valence electrons. The fourth-order valence-electron chi connectivity index (χ4n) is 1.68. The largest absolute Gasteiger partial charge is 0.323 e. The summed E-state index contributed by atoms with van der Waals surface area (Å²) in [7, 11) is 0. The minimum absolute atomic E-state index is 0.0475. The van der Waals surface area contributed by atoms with Gasteiger partial charge < -0.3 is 5.32 Å². The van der Waals surface area contributed by atoms with E-state index in [0.717, 1.165) is 23.9 Å². The summed E-state index contributed by atoms with van der Waals surface area (Å²) >= 11 is 1.21. The van der Waals surface area contributed by atoms with E-state index >= 15 is 0 Å². The highest BCUT2D eigenvalue weighted by Crippen LogP contribution is 2.18. The number of rotatable bonds is 4. The Morgan fingerprint density at radius 1 is 1.24 bits per heavy atom. The topological polar surface area (TPSA) is 54.9 Å². The van der Waals surface area contributed by atoms with E-state index in [-0.39, 0.29) is 11.4 Å². The lowest BCUT2D eigenvalue weighted by molar-refractivity contribution is -0.113. The molecule has 0 atom stereocenters. The number of amides is 1. The Hall–Kier alpha value is -2.02. The molecule has 1 heterocycles. The van der Waals surface area contributed by atoms with E-state index in [0.29, 0.717) is 10.9 Å². The van der Waals surface area contributed by atoms with Crippen molar-refractivity contribution in [3.05, 3.63) is 47.4 Å². The van der Waals surface area contributed by atoms with E-state index in [1.807, 2.05) is 6.92 Å². The van der Waals surface area contributed by atoms with Crippen LogP contribution in [0, 0.1) is 25.5 Å². The molecule has 1 N–H and O–H groups in total. The Kier molecular flexibility index (Phi) is 4.85. The number of thioether (sulfide) groups is 1. The summed E-state index contributed by atoms with van der Waals surface area (Å²) in [5.41, 5.74) is 0.636. The Morgan fingerprint density at radius 2 is 2.00 bits per heavy atom. The molecule has 0 saturated heterocycles. The number of benzene rings is 1. The smallest absolute Gasteiger partial charge is 0.234 e. The zero-order chi connectivity index (χ0) is 15.4. The quantitative estimate of drug-likeness (QED) is 0.696. The van der Waals surface area contributed by atoms with Gasteiger partial charge in [0.15, 0.2) is 0 Å². The van der Waals surface area contributed by atoms with Gasteiger partial charge in [-0.2, -0.15) is 0 Å². The van der Waals surface area contributed by atoms with Crippen LogP contribution in [0.15, 0.2) is 29.3 Å². The third kappa shape index (κ3) is 4.49. The lowest BCUT2D eigenvalue weighted by Crippen LogP contribution is -2.15. The molecule has 2 rings (SSSR count). The zero-order valence-electron chi connectivity index (χ0n) is 11.5. The number of hydrogen-bond acceptors (Lipinski definition) is 4. The molecule has 0 bridgehead atoms. The highest BCUT2D eigenvalue weighted by molar-refractivity contribution is 7.99. The monoisotopic (exact) mass is 309 g/mol. The van der Waals surface area contributed by atoms with Crippen LogP contribution in [-0.4, -0.2) is 21.6 Å². The van der Waals surface area contributed by atoms with Crippen molar-refractivity contribution in [2.75, 3.05) is 11.1 Å². The van der Waals surface area contributed by atoms with Crippen molar-refractivity contribution in [2.24, 2.45) is 0 Å². The molecule has 1 aromatic carbocycles. The third-order valence-corrected chi connectivity index (χ3v) is 3.41. The highest BCUT2D eigenvalue weighted by atomic mass is 32.2. The van der Waals surface area contributed by atoms with Gasteiger partial charge in [0.25, 0.3) is 0 Å². The summed E-state index contributed by atoms with van der Waals surface area (Å²) in [6.45, 7) is 3.60. The van der Waals surface area contributed by atoms with Crippen LogP contribution in [-0.2, 0) is 4.79 Å². The van der Waals surface area contributed by atoms with Gasteiger partial charge in [-0.1, -0.05) is 11.8 Å². The summed E-state index contributed by atoms with van der Waals surface area (Å²) in [6.07, 6.45) is 0. The van der Waals surface area contributed by atoms with Gasteiger partial charge in [0.1, 0.15) is 22.5 Å². The van der Waals surface area contributed by atoms with Crippen molar-refractivity contribution < 1.29 is 13.6 Å². The molecular weight excluding hydrogens is 296 g/mol. The van der Waals surface area contributed by atoms with Crippen molar-refractivity contribution in [3.63, 3.8) is 0 Å². The molecule has 1 amide bonds. The van der Waals surface area contributed by atoms with Crippen LogP contribution in [0.2, 0.25) is 0 Å². The first kappa shape index (κ1) is 15.4. The minimum Gasteiger partial charge on any atom is -0.323 e. The van der Waals surface area contributed by atoms with Crippen LogP contribution in [0.3, 0.4) is 0 Å². The average Bonchev–Trinajstić information content (AvgIpc) is 2.40. The van der Waals surface area contributed by atoms with E-state index in [9.17, 15) is 13.6 Å². The zero-order valence-corrected chi connectivity index (χ0v) is 12.3. The van der Waals surface area contributed by atoms with E-state index in [1.54, 1.807) is 13.0 Å².